The van der Waals surface area contributed by atoms with Crippen molar-refractivity contribution in [2.45, 2.75) is 32.6 Å². The van der Waals surface area contributed by atoms with Crippen LogP contribution >= 0.6 is 0 Å². The molecule has 0 saturated heterocycles. The van der Waals surface area contributed by atoms with Crippen molar-refractivity contribution in [3.05, 3.63) is 33.9 Å². The maximum atomic E-state index is 11.0. The first kappa shape index (κ1) is 14.4. The number of nitro benzene ring substituents is 1. The number of unbranched alkanes of at least 4 members (excludes halogenated alkanes) is 1. The zero-order valence-electron chi connectivity index (χ0n) is 10.8. The predicted octanol–water partition coefficient (Wildman–Crippen LogP) is 2.70. The number of anilines is 1. The molecule has 0 aliphatic rings. The van der Waals surface area contributed by atoms with E-state index in [1.165, 1.54) is 0 Å². The Bertz CT molecular complexity index is 394. The molecule has 0 spiro atoms. The second kappa shape index (κ2) is 7.66. The van der Waals surface area contributed by atoms with Gasteiger partial charge in [0.25, 0.3) is 5.69 Å². The van der Waals surface area contributed by atoms with Gasteiger partial charge >= 0.3 is 0 Å². The highest BCUT2D eigenvalue weighted by Crippen LogP contribution is 2.26. The average molecular weight is 251 g/mol. The first-order valence-corrected chi connectivity index (χ1v) is 6.40. The van der Waals surface area contributed by atoms with E-state index in [-0.39, 0.29) is 10.6 Å². The highest BCUT2D eigenvalue weighted by Gasteiger charge is 2.13. The van der Waals surface area contributed by atoms with Gasteiger partial charge in [0.1, 0.15) is 5.69 Å². The van der Waals surface area contributed by atoms with E-state index < -0.39 is 0 Å². The molecule has 0 fully saturated rings. The molecule has 1 aromatic carbocycles. The van der Waals surface area contributed by atoms with Crippen LogP contribution in [-0.4, -0.2) is 18.0 Å². The maximum Gasteiger partial charge on any atom is 0.292 e. The summed E-state index contributed by atoms with van der Waals surface area (Å²) in [6.07, 6.45) is 3.83. The Morgan fingerprint density at radius 1 is 1.39 bits per heavy atom. The number of rotatable bonds is 8. The standard InChI is InChI=1S/C13H21N3O2/c1-2-3-5-11-6-7-12(15-9-4-8-14)13(10-11)16(17)18/h6-7,10,15H,2-5,8-9,14H2,1H3. The van der Waals surface area contributed by atoms with Crippen LogP contribution in [0.3, 0.4) is 0 Å². The summed E-state index contributed by atoms with van der Waals surface area (Å²) < 4.78 is 0. The molecule has 0 saturated carbocycles. The lowest BCUT2D eigenvalue weighted by molar-refractivity contribution is -0.384. The average Bonchev–Trinajstić information content (AvgIpc) is 2.37. The number of hydrogen-bond acceptors (Lipinski definition) is 4. The summed E-state index contributed by atoms with van der Waals surface area (Å²) in [7, 11) is 0. The third-order valence-electron chi connectivity index (χ3n) is 2.77. The normalized spacial score (nSPS) is 10.3. The molecule has 1 rings (SSSR count). The molecule has 0 heterocycles. The zero-order chi connectivity index (χ0) is 13.4. The fraction of sp³-hybridized carbons (Fsp3) is 0.538. The van der Waals surface area contributed by atoms with E-state index in [9.17, 15) is 10.1 Å². The predicted molar refractivity (Wildman–Crippen MR) is 73.9 cm³/mol. The minimum Gasteiger partial charge on any atom is -0.379 e. The van der Waals surface area contributed by atoms with E-state index in [1.54, 1.807) is 12.1 Å². The van der Waals surface area contributed by atoms with E-state index in [1.807, 2.05) is 6.07 Å². The second-order valence-electron chi connectivity index (χ2n) is 4.28. The quantitative estimate of drug-likeness (QED) is 0.423. The van der Waals surface area contributed by atoms with Gasteiger partial charge in [-0.3, -0.25) is 10.1 Å². The van der Waals surface area contributed by atoms with Crippen LogP contribution in [0.1, 0.15) is 31.7 Å². The first-order valence-electron chi connectivity index (χ1n) is 6.40. The fourth-order valence-electron chi connectivity index (χ4n) is 1.74. The Hall–Kier alpha value is -1.62. The van der Waals surface area contributed by atoms with Crippen molar-refractivity contribution < 1.29 is 4.92 Å². The molecule has 1 aromatic rings. The number of benzene rings is 1. The van der Waals surface area contributed by atoms with Gasteiger partial charge in [-0.15, -0.1) is 0 Å². The van der Waals surface area contributed by atoms with Crippen molar-refractivity contribution in [1.82, 2.24) is 0 Å². The molecule has 0 amide bonds. The number of nitrogens with one attached hydrogen (secondary N) is 1. The zero-order valence-corrected chi connectivity index (χ0v) is 10.8. The lowest BCUT2D eigenvalue weighted by atomic mass is 10.1. The van der Waals surface area contributed by atoms with Crippen LogP contribution in [0.4, 0.5) is 11.4 Å². The van der Waals surface area contributed by atoms with Crippen molar-refractivity contribution in [1.29, 1.82) is 0 Å². The van der Waals surface area contributed by atoms with Crippen LogP contribution in [0.5, 0.6) is 0 Å². The van der Waals surface area contributed by atoms with Gasteiger partial charge in [-0.05, 0) is 37.4 Å². The van der Waals surface area contributed by atoms with Gasteiger partial charge < -0.3 is 11.1 Å². The smallest absolute Gasteiger partial charge is 0.292 e. The molecule has 0 bridgehead atoms. The second-order valence-corrected chi connectivity index (χ2v) is 4.28. The summed E-state index contributed by atoms with van der Waals surface area (Å²) in [5.74, 6) is 0. The van der Waals surface area contributed by atoms with Gasteiger partial charge in [0.2, 0.25) is 0 Å². The van der Waals surface area contributed by atoms with Gasteiger partial charge in [-0.25, -0.2) is 0 Å². The number of nitrogens with zero attached hydrogens (tertiary/aromatic N) is 1. The first-order chi connectivity index (χ1) is 8.69. The highest BCUT2D eigenvalue weighted by atomic mass is 16.6. The summed E-state index contributed by atoms with van der Waals surface area (Å²) >= 11 is 0. The molecule has 100 valence electrons. The lowest BCUT2D eigenvalue weighted by Gasteiger charge is -2.08. The topological polar surface area (TPSA) is 81.2 Å². The van der Waals surface area contributed by atoms with E-state index in [2.05, 4.69) is 12.2 Å². The largest absolute Gasteiger partial charge is 0.379 e. The Morgan fingerprint density at radius 2 is 2.17 bits per heavy atom. The number of aryl methyl sites for hydroxylation is 1. The summed E-state index contributed by atoms with van der Waals surface area (Å²) in [4.78, 5) is 10.7. The third-order valence-corrected chi connectivity index (χ3v) is 2.77. The molecule has 5 heteroatoms. The fourth-order valence-corrected chi connectivity index (χ4v) is 1.74. The van der Waals surface area contributed by atoms with Crippen LogP contribution in [0.25, 0.3) is 0 Å². The van der Waals surface area contributed by atoms with Crippen LogP contribution in [0.15, 0.2) is 18.2 Å². The van der Waals surface area contributed by atoms with Gasteiger partial charge in [-0.2, -0.15) is 0 Å². The molecule has 5 nitrogen and oxygen atoms in total. The molecule has 0 radical (unpaired) electrons. The van der Waals surface area contributed by atoms with E-state index in [0.29, 0.717) is 18.8 Å². The molecule has 0 unspecified atom stereocenters. The maximum absolute atomic E-state index is 11.0. The Kier molecular flexibility index (Phi) is 6.14. The van der Waals surface area contributed by atoms with E-state index in [4.69, 9.17) is 5.73 Å². The Labute approximate surface area is 108 Å². The Morgan fingerprint density at radius 3 is 2.78 bits per heavy atom. The van der Waals surface area contributed by atoms with Crippen LogP contribution in [0, 0.1) is 10.1 Å². The number of nitro groups is 1. The van der Waals surface area contributed by atoms with E-state index in [0.717, 1.165) is 31.2 Å². The molecule has 0 aromatic heterocycles. The third kappa shape index (κ3) is 4.33. The molecular formula is C13H21N3O2. The minimum absolute atomic E-state index is 0.153. The monoisotopic (exact) mass is 251 g/mol. The van der Waals surface area contributed by atoms with Crippen molar-refractivity contribution in [2.75, 3.05) is 18.4 Å². The number of hydrogen-bond donors (Lipinski definition) is 2. The van der Waals surface area contributed by atoms with Gasteiger partial charge in [-0.1, -0.05) is 19.4 Å². The van der Waals surface area contributed by atoms with Crippen LogP contribution < -0.4 is 11.1 Å². The van der Waals surface area contributed by atoms with E-state index >= 15 is 0 Å². The molecule has 18 heavy (non-hydrogen) atoms. The molecule has 3 N–H and O–H groups in total. The van der Waals surface area contributed by atoms with Gasteiger partial charge in [0.15, 0.2) is 0 Å². The van der Waals surface area contributed by atoms with Gasteiger partial charge in [0, 0.05) is 12.6 Å². The molecular weight excluding hydrogens is 230 g/mol. The van der Waals surface area contributed by atoms with Crippen LogP contribution in [-0.2, 0) is 6.42 Å². The van der Waals surface area contributed by atoms with Crippen molar-refractivity contribution in [3.63, 3.8) is 0 Å². The summed E-state index contributed by atoms with van der Waals surface area (Å²) in [5.41, 5.74) is 7.15. The molecule has 0 aliphatic heterocycles. The number of nitrogens with two attached hydrogens (primary N) is 1. The van der Waals surface area contributed by atoms with Gasteiger partial charge in [0.05, 0.1) is 4.92 Å². The Balaban J connectivity index is 2.80. The van der Waals surface area contributed by atoms with Crippen LogP contribution in [0.2, 0.25) is 0 Å². The van der Waals surface area contributed by atoms with Crippen molar-refractivity contribution in [3.8, 4) is 0 Å². The molecule has 0 aliphatic carbocycles. The highest BCUT2D eigenvalue weighted by molar-refractivity contribution is 5.62. The SMILES string of the molecule is CCCCc1ccc(NCCCN)c([N+](=O)[O-])c1. The minimum atomic E-state index is -0.333. The summed E-state index contributed by atoms with van der Waals surface area (Å²) in [6, 6.07) is 5.41. The van der Waals surface area contributed by atoms with Crippen molar-refractivity contribution >= 4 is 11.4 Å². The molecule has 0 atom stereocenters. The lowest BCUT2D eigenvalue weighted by Crippen LogP contribution is -2.09. The summed E-state index contributed by atoms with van der Waals surface area (Å²) in [6.45, 7) is 3.35. The summed E-state index contributed by atoms with van der Waals surface area (Å²) in [5, 5.41) is 14.1. The van der Waals surface area contributed by atoms with Crippen molar-refractivity contribution in [2.24, 2.45) is 5.73 Å².